The molecule has 0 aromatic rings. The fourth-order valence-electron chi connectivity index (χ4n) is 2.03. The van der Waals surface area contributed by atoms with Crippen molar-refractivity contribution in [3.8, 4) is 0 Å². The van der Waals surface area contributed by atoms with E-state index in [-0.39, 0.29) is 5.91 Å². The number of piperidine rings is 1. The molecule has 4 heteroatoms. The quantitative estimate of drug-likeness (QED) is 0.669. The predicted octanol–water partition coefficient (Wildman–Crippen LogP) is 1.64. The molecule has 1 saturated heterocycles. The van der Waals surface area contributed by atoms with Crippen LogP contribution in [0.4, 0.5) is 0 Å². The minimum Gasteiger partial charge on any atom is -0.356 e. The third-order valence-corrected chi connectivity index (χ3v) is 3.67. The summed E-state index contributed by atoms with van der Waals surface area (Å²) in [5.41, 5.74) is 0. The fourth-order valence-corrected chi connectivity index (χ4v) is 2.52. The van der Waals surface area contributed by atoms with Crippen LogP contribution in [0, 0.1) is 5.92 Å². The number of hydrogen-bond donors (Lipinski definition) is 2. The summed E-state index contributed by atoms with van der Waals surface area (Å²) in [6, 6.07) is 0. The van der Waals surface area contributed by atoms with Gasteiger partial charge in [0.15, 0.2) is 0 Å². The van der Waals surface area contributed by atoms with E-state index in [1.165, 1.54) is 25.0 Å². The van der Waals surface area contributed by atoms with Crippen LogP contribution in [0.3, 0.4) is 0 Å². The second kappa shape index (κ2) is 8.88. The van der Waals surface area contributed by atoms with Crippen LogP contribution in [-0.4, -0.2) is 37.6 Å². The van der Waals surface area contributed by atoms with Crippen LogP contribution in [0.5, 0.6) is 0 Å². The average Bonchev–Trinajstić information content (AvgIpc) is 2.30. The van der Waals surface area contributed by atoms with Crippen molar-refractivity contribution in [2.45, 2.75) is 32.1 Å². The molecule has 0 spiro atoms. The molecule has 3 nitrogen and oxygen atoms in total. The number of rotatable bonds is 7. The van der Waals surface area contributed by atoms with Crippen molar-refractivity contribution < 1.29 is 4.79 Å². The number of unbranched alkanes of at least 4 members (excludes halogenated alkanes) is 1. The van der Waals surface area contributed by atoms with Gasteiger partial charge in [-0.1, -0.05) is 0 Å². The zero-order valence-corrected chi connectivity index (χ0v) is 11.1. The summed E-state index contributed by atoms with van der Waals surface area (Å²) in [7, 11) is 0. The van der Waals surface area contributed by atoms with Crippen LogP contribution < -0.4 is 10.6 Å². The Morgan fingerprint density at radius 2 is 2.38 bits per heavy atom. The lowest BCUT2D eigenvalue weighted by atomic mass is 9.96. The molecule has 1 unspecified atom stereocenters. The van der Waals surface area contributed by atoms with Gasteiger partial charge in [0.2, 0.25) is 5.91 Å². The first-order valence-corrected chi connectivity index (χ1v) is 7.68. The van der Waals surface area contributed by atoms with Crippen molar-refractivity contribution in [2.24, 2.45) is 5.92 Å². The number of thioether (sulfide) groups is 1. The Bertz CT molecular complexity index is 193. The van der Waals surface area contributed by atoms with Gasteiger partial charge in [-0.2, -0.15) is 11.8 Å². The Morgan fingerprint density at radius 1 is 1.50 bits per heavy atom. The second-order valence-electron chi connectivity index (χ2n) is 4.47. The zero-order chi connectivity index (χ0) is 11.6. The van der Waals surface area contributed by atoms with Gasteiger partial charge in [0.05, 0.1) is 0 Å². The number of carbonyl (C=O) groups is 1. The highest BCUT2D eigenvalue weighted by molar-refractivity contribution is 7.98. The molecule has 0 aromatic heterocycles. The fraction of sp³-hybridized carbons (Fsp3) is 0.917. The van der Waals surface area contributed by atoms with Crippen LogP contribution in [-0.2, 0) is 4.79 Å². The topological polar surface area (TPSA) is 41.1 Å². The summed E-state index contributed by atoms with van der Waals surface area (Å²) in [6.45, 7) is 2.98. The summed E-state index contributed by atoms with van der Waals surface area (Å²) < 4.78 is 0. The molecule has 16 heavy (non-hydrogen) atoms. The van der Waals surface area contributed by atoms with Gasteiger partial charge < -0.3 is 10.6 Å². The van der Waals surface area contributed by atoms with Crippen molar-refractivity contribution in [3.05, 3.63) is 0 Å². The molecule has 1 rings (SSSR count). The van der Waals surface area contributed by atoms with Gasteiger partial charge in [0, 0.05) is 13.0 Å². The summed E-state index contributed by atoms with van der Waals surface area (Å²) >= 11 is 1.87. The highest BCUT2D eigenvalue weighted by Crippen LogP contribution is 2.13. The normalized spacial score (nSPS) is 20.7. The number of carbonyl (C=O) groups excluding carboxylic acids is 1. The van der Waals surface area contributed by atoms with Crippen LogP contribution in [0.15, 0.2) is 0 Å². The SMILES string of the molecule is CSCCCCNC(=O)CC1CCCNC1. The van der Waals surface area contributed by atoms with Crippen molar-refractivity contribution in [1.82, 2.24) is 10.6 Å². The van der Waals surface area contributed by atoms with Crippen LogP contribution in [0.25, 0.3) is 0 Å². The molecule has 0 aromatic carbocycles. The summed E-state index contributed by atoms with van der Waals surface area (Å²) in [4.78, 5) is 11.6. The van der Waals surface area contributed by atoms with Crippen LogP contribution in [0.1, 0.15) is 32.1 Å². The maximum Gasteiger partial charge on any atom is 0.220 e. The second-order valence-corrected chi connectivity index (χ2v) is 5.45. The van der Waals surface area contributed by atoms with Gasteiger partial charge in [0.1, 0.15) is 0 Å². The minimum absolute atomic E-state index is 0.234. The van der Waals surface area contributed by atoms with Crippen LogP contribution >= 0.6 is 11.8 Å². The maximum atomic E-state index is 11.6. The molecule has 1 aliphatic heterocycles. The highest BCUT2D eigenvalue weighted by Gasteiger charge is 2.16. The van der Waals surface area contributed by atoms with E-state index in [2.05, 4.69) is 16.9 Å². The van der Waals surface area contributed by atoms with E-state index in [0.717, 1.165) is 26.1 Å². The zero-order valence-electron chi connectivity index (χ0n) is 10.3. The van der Waals surface area contributed by atoms with E-state index in [0.29, 0.717) is 12.3 Å². The van der Waals surface area contributed by atoms with E-state index < -0.39 is 0 Å². The van der Waals surface area contributed by atoms with E-state index >= 15 is 0 Å². The largest absolute Gasteiger partial charge is 0.356 e. The molecule has 1 fully saturated rings. The molecular weight excluding hydrogens is 220 g/mol. The Labute approximate surface area is 103 Å². The molecule has 1 heterocycles. The predicted molar refractivity (Wildman–Crippen MR) is 70.8 cm³/mol. The highest BCUT2D eigenvalue weighted by atomic mass is 32.2. The lowest BCUT2D eigenvalue weighted by molar-refractivity contribution is -0.122. The smallest absolute Gasteiger partial charge is 0.220 e. The van der Waals surface area contributed by atoms with Crippen LogP contribution in [0.2, 0.25) is 0 Å². The van der Waals surface area contributed by atoms with E-state index in [9.17, 15) is 4.79 Å². The Hall–Kier alpha value is -0.220. The summed E-state index contributed by atoms with van der Waals surface area (Å²) in [6.07, 6.45) is 7.55. The first-order valence-electron chi connectivity index (χ1n) is 6.29. The third kappa shape index (κ3) is 6.38. The van der Waals surface area contributed by atoms with Gasteiger partial charge in [-0.05, 0) is 56.7 Å². The van der Waals surface area contributed by atoms with E-state index in [1.54, 1.807) is 0 Å². The lowest BCUT2D eigenvalue weighted by Crippen LogP contribution is -2.34. The van der Waals surface area contributed by atoms with Crippen molar-refractivity contribution in [3.63, 3.8) is 0 Å². The molecule has 2 N–H and O–H groups in total. The summed E-state index contributed by atoms with van der Waals surface area (Å²) in [5, 5.41) is 6.35. The van der Waals surface area contributed by atoms with Crippen molar-refractivity contribution in [1.29, 1.82) is 0 Å². The molecule has 0 radical (unpaired) electrons. The molecule has 0 aliphatic carbocycles. The standard InChI is InChI=1S/C12H24N2OS/c1-16-8-3-2-7-14-12(15)9-11-5-4-6-13-10-11/h11,13H,2-10H2,1H3,(H,14,15). The Morgan fingerprint density at radius 3 is 3.06 bits per heavy atom. The van der Waals surface area contributed by atoms with Gasteiger partial charge in [-0.15, -0.1) is 0 Å². The van der Waals surface area contributed by atoms with E-state index in [4.69, 9.17) is 0 Å². The van der Waals surface area contributed by atoms with Crippen molar-refractivity contribution >= 4 is 17.7 Å². The van der Waals surface area contributed by atoms with Gasteiger partial charge >= 0.3 is 0 Å². The van der Waals surface area contributed by atoms with Gasteiger partial charge in [-0.25, -0.2) is 0 Å². The monoisotopic (exact) mass is 244 g/mol. The molecule has 0 bridgehead atoms. The first-order chi connectivity index (χ1) is 7.83. The Balaban J connectivity index is 1.97. The first kappa shape index (κ1) is 13.8. The maximum absolute atomic E-state index is 11.6. The Kier molecular flexibility index (Phi) is 7.68. The van der Waals surface area contributed by atoms with Gasteiger partial charge in [-0.3, -0.25) is 4.79 Å². The average molecular weight is 244 g/mol. The summed E-state index contributed by atoms with van der Waals surface area (Å²) in [5.74, 6) is 1.99. The molecule has 1 atom stereocenters. The molecule has 1 aliphatic rings. The van der Waals surface area contributed by atoms with Gasteiger partial charge in [0.25, 0.3) is 0 Å². The van der Waals surface area contributed by atoms with Crippen molar-refractivity contribution in [2.75, 3.05) is 31.6 Å². The number of hydrogen-bond acceptors (Lipinski definition) is 3. The molecule has 94 valence electrons. The van der Waals surface area contributed by atoms with E-state index in [1.807, 2.05) is 11.8 Å². The molecule has 0 saturated carbocycles. The number of amides is 1. The molecule has 1 amide bonds. The number of nitrogens with one attached hydrogen (secondary N) is 2. The molecular formula is C12H24N2OS. The minimum atomic E-state index is 0.234. The lowest BCUT2D eigenvalue weighted by Gasteiger charge is -2.22. The third-order valence-electron chi connectivity index (χ3n) is 2.97.